The van der Waals surface area contributed by atoms with E-state index in [1.807, 2.05) is 0 Å². The molecular formula is C61H106O6. The van der Waals surface area contributed by atoms with E-state index >= 15 is 0 Å². The molecule has 0 saturated heterocycles. The second-order valence-electron chi connectivity index (χ2n) is 18.8. The molecule has 0 N–H and O–H groups in total. The van der Waals surface area contributed by atoms with Crippen molar-refractivity contribution in [3.63, 3.8) is 0 Å². The summed E-state index contributed by atoms with van der Waals surface area (Å²) in [5.41, 5.74) is 0. The maximum Gasteiger partial charge on any atom is 0.306 e. The number of rotatable bonds is 51. The van der Waals surface area contributed by atoms with Gasteiger partial charge in [-0.05, 0) is 83.5 Å². The Balaban J connectivity index is 4.42. The summed E-state index contributed by atoms with van der Waals surface area (Å²) in [6.07, 6.45) is 70.4. The lowest BCUT2D eigenvalue weighted by Gasteiger charge is -2.18. The van der Waals surface area contributed by atoms with Gasteiger partial charge in [-0.25, -0.2) is 0 Å². The van der Waals surface area contributed by atoms with Gasteiger partial charge in [-0.2, -0.15) is 0 Å². The van der Waals surface area contributed by atoms with Gasteiger partial charge in [0.25, 0.3) is 0 Å². The normalized spacial score (nSPS) is 12.6. The third kappa shape index (κ3) is 53.7. The van der Waals surface area contributed by atoms with Crippen LogP contribution in [0.1, 0.15) is 278 Å². The van der Waals surface area contributed by atoms with Crippen LogP contribution < -0.4 is 0 Å². The zero-order valence-corrected chi connectivity index (χ0v) is 44.2. The van der Waals surface area contributed by atoms with Crippen LogP contribution in [0.3, 0.4) is 0 Å². The van der Waals surface area contributed by atoms with Crippen LogP contribution in [-0.4, -0.2) is 37.2 Å². The first-order valence-corrected chi connectivity index (χ1v) is 28.4. The van der Waals surface area contributed by atoms with E-state index in [4.69, 9.17) is 14.2 Å². The molecule has 0 amide bonds. The molecule has 386 valence electrons. The van der Waals surface area contributed by atoms with Crippen LogP contribution in [0.15, 0.2) is 72.9 Å². The Morgan fingerprint density at radius 2 is 0.597 bits per heavy atom. The van der Waals surface area contributed by atoms with E-state index in [2.05, 4.69) is 93.7 Å². The summed E-state index contributed by atoms with van der Waals surface area (Å²) in [5, 5.41) is 0. The number of ether oxygens (including phenoxy) is 3. The van der Waals surface area contributed by atoms with Gasteiger partial charge in [0.15, 0.2) is 6.10 Å². The second kappa shape index (κ2) is 55.4. The Morgan fingerprint density at radius 3 is 0.985 bits per heavy atom. The fraction of sp³-hybridized carbons (Fsp3) is 0.754. The maximum atomic E-state index is 12.8. The van der Waals surface area contributed by atoms with Crippen molar-refractivity contribution in [2.75, 3.05) is 13.2 Å². The second-order valence-corrected chi connectivity index (χ2v) is 18.8. The largest absolute Gasteiger partial charge is 0.462 e. The number of carbonyl (C=O) groups is 3. The van der Waals surface area contributed by atoms with Crippen molar-refractivity contribution in [1.82, 2.24) is 0 Å². The molecule has 0 spiro atoms. The van der Waals surface area contributed by atoms with E-state index in [0.29, 0.717) is 19.3 Å². The van der Waals surface area contributed by atoms with E-state index in [0.717, 1.165) is 83.5 Å². The Hall–Kier alpha value is -3.15. The van der Waals surface area contributed by atoms with Crippen LogP contribution in [0.5, 0.6) is 0 Å². The Labute approximate surface area is 414 Å². The first-order chi connectivity index (χ1) is 33.0. The highest BCUT2D eigenvalue weighted by Crippen LogP contribution is 2.16. The van der Waals surface area contributed by atoms with E-state index < -0.39 is 6.10 Å². The smallest absolute Gasteiger partial charge is 0.306 e. The third-order valence-electron chi connectivity index (χ3n) is 12.2. The molecule has 0 bridgehead atoms. The number of unbranched alkanes of at least 4 members (excludes halogenated alkanes) is 28. The molecule has 67 heavy (non-hydrogen) atoms. The van der Waals surface area contributed by atoms with E-state index in [9.17, 15) is 14.4 Å². The molecule has 0 aliphatic rings. The molecule has 6 nitrogen and oxygen atoms in total. The minimum atomic E-state index is -0.807. The topological polar surface area (TPSA) is 78.9 Å². The summed E-state index contributed by atoms with van der Waals surface area (Å²) in [5.74, 6) is -0.958. The average Bonchev–Trinajstić information content (AvgIpc) is 3.33. The van der Waals surface area contributed by atoms with Crippen LogP contribution in [0.4, 0.5) is 0 Å². The van der Waals surface area contributed by atoms with Crippen molar-refractivity contribution in [1.29, 1.82) is 0 Å². The third-order valence-corrected chi connectivity index (χ3v) is 12.2. The molecule has 0 aliphatic heterocycles. The number of hydrogen-bond donors (Lipinski definition) is 0. The minimum Gasteiger partial charge on any atom is -0.462 e. The summed E-state index contributed by atoms with van der Waals surface area (Å²) < 4.78 is 16.8. The highest BCUT2D eigenvalue weighted by Gasteiger charge is 2.19. The van der Waals surface area contributed by atoms with Crippen molar-refractivity contribution >= 4 is 17.9 Å². The molecule has 0 fully saturated rings. The van der Waals surface area contributed by atoms with Crippen LogP contribution in [-0.2, 0) is 28.6 Å². The minimum absolute atomic E-state index is 0.0983. The lowest BCUT2D eigenvalue weighted by molar-refractivity contribution is -0.167. The monoisotopic (exact) mass is 935 g/mol. The van der Waals surface area contributed by atoms with Gasteiger partial charge in [-0.3, -0.25) is 14.4 Å². The van der Waals surface area contributed by atoms with Crippen molar-refractivity contribution in [3.8, 4) is 0 Å². The standard InChI is InChI=1S/C61H106O6/c1-4-7-10-13-16-19-22-25-27-29-30-32-33-36-39-42-45-48-51-54-60(63)66-57-58(56-65-59(62)53-50-47-44-41-38-35-24-21-18-15-12-9-6-3)67-61(64)55-52-49-46-43-40-37-34-31-28-26-23-20-17-14-11-8-5-2/h8,11,17,20-21,24,26,28,34,37,43,46,58H,4-7,9-10,12-16,18-19,22-23,25,27,29-33,35-36,38-42,44-45,47-57H2,1-3H3/b11-8-,20-17-,24-21-,28-26-,37-34-,46-43-/t58-/m1/s1. The molecular weight excluding hydrogens is 829 g/mol. The summed E-state index contributed by atoms with van der Waals surface area (Å²) in [6, 6.07) is 0. The van der Waals surface area contributed by atoms with Gasteiger partial charge < -0.3 is 14.2 Å². The summed E-state index contributed by atoms with van der Waals surface area (Å²) in [7, 11) is 0. The van der Waals surface area contributed by atoms with Gasteiger partial charge in [0.1, 0.15) is 13.2 Å². The maximum absolute atomic E-state index is 12.8. The lowest BCUT2D eigenvalue weighted by Crippen LogP contribution is -2.30. The lowest BCUT2D eigenvalue weighted by atomic mass is 10.0. The van der Waals surface area contributed by atoms with Crippen molar-refractivity contribution < 1.29 is 28.6 Å². The van der Waals surface area contributed by atoms with E-state index in [1.165, 1.54) is 148 Å². The SMILES string of the molecule is CC/C=C\C/C=C\C/C=C\C/C=C\C/C=C\CCCC(=O)O[C@H](COC(=O)CCCCCCC/C=C\CCCCCC)COC(=O)CCCCCCCCCCCCCCCCCCCCC. The fourth-order valence-corrected chi connectivity index (χ4v) is 7.94. The Kier molecular flexibility index (Phi) is 52.8. The van der Waals surface area contributed by atoms with Crippen molar-refractivity contribution in [2.24, 2.45) is 0 Å². The highest BCUT2D eigenvalue weighted by atomic mass is 16.6. The molecule has 0 radical (unpaired) electrons. The molecule has 0 rings (SSSR count). The zero-order chi connectivity index (χ0) is 48.6. The van der Waals surface area contributed by atoms with Crippen LogP contribution >= 0.6 is 0 Å². The average molecular weight is 936 g/mol. The first kappa shape index (κ1) is 63.8. The summed E-state index contributed by atoms with van der Waals surface area (Å²) >= 11 is 0. The predicted octanol–water partition coefficient (Wildman–Crippen LogP) is 19.0. The number of esters is 3. The first-order valence-electron chi connectivity index (χ1n) is 28.4. The van der Waals surface area contributed by atoms with Crippen LogP contribution in [0.2, 0.25) is 0 Å². The molecule has 0 aromatic rings. The van der Waals surface area contributed by atoms with Gasteiger partial charge in [0.05, 0.1) is 0 Å². The molecule has 0 aromatic heterocycles. The van der Waals surface area contributed by atoms with Gasteiger partial charge >= 0.3 is 17.9 Å². The molecule has 0 heterocycles. The molecule has 0 saturated carbocycles. The molecule has 0 unspecified atom stereocenters. The quantitative estimate of drug-likeness (QED) is 0.0262. The van der Waals surface area contributed by atoms with Crippen molar-refractivity contribution in [3.05, 3.63) is 72.9 Å². The fourth-order valence-electron chi connectivity index (χ4n) is 7.94. The molecule has 0 aliphatic carbocycles. The van der Waals surface area contributed by atoms with Crippen molar-refractivity contribution in [2.45, 2.75) is 284 Å². The predicted molar refractivity (Wildman–Crippen MR) is 288 cm³/mol. The van der Waals surface area contributed by atoms with Crippen LogP contribution in [0.25, 0.3) is 0 Å². The number of hydrogen-bond acceptors (Lipinski definition) is 6. The number of allylic oxidation sites excluding steroid dienone is 12. The van der Waals surface area contributed by atoms with Gasteiger partial charge in [0, 0.05) is 19.3 Å². The Bertz CT molecular complexity index is 1260. The van der Waals surface area contributed by atoms with Crippen LogP contribution in [0, 0.1) is 0 Å². The van der Waals surface area contributed by atoms with E-state index in [1.54, 1.807) is 0 Å². The summed E-state index contributed by atoms with van der Waals surface area (Å²) in [4.78, 5) is 38.1. The van der Waals surface area contributed by atoms with E-state index in [-0.39, 0.29) is 37.5 Å². The van der Waals surface area contributed by atoms with Gasteiger partial charge in [-0.15, -0.1) is 0 Å². The highest BCUT2D eigenvalue weighted by molar-refractivity contribution is 5.71. The molecule has 1 atom stereocenters. The zero-order valence-electron chi connectivity index (χ0n) is 44.2. The summed E-state index contributed by atoms with van der Waals surface area (Å²) in [6.45, 7) is 6.48. The Morgan fingerprint density at radius 1 is 0.313 bits per heavy atom. The number of carbonyl (C=O) groups excluding carboxylic acids is 3. The molecule has 6 heteroatoms. The van der Waals surface area contributed by atoms with Gasteiger partial charge in [0.2, 0.25) is 0 Å². The molecule has 0 aromatic carbocycles. The van der Waals surface area contributed by atoms with Gasteiger partial charge in [-0.1, -0.05) is 248 Å².